The minimum Gasteiger partial charge on any atom is -0.493 e. The molecule has 1 saturated heterocycles. The molecule has 0 spiro atoms. The lowest BCUT2D eigenvalue weighted by atomic mass is 9.97. The van der Waals surface area contributed by atoms with Crippen molar-refractivity contribution in [3.8, 4) is 11.5 Å². The number of morpholine rings is 1. The van der Waals surface area contributed by atoms with E-state index in [2.05, 4.69) is 46.4 Å². The quantitative estimate of drug-likeness (QED) is 0.650. The Hall–Kier alpha value is -1.60. The van der Waals surface area contributed by atoms with E-state index < -0.39 is 0 Å². The van der Waals surface area contributed by atoms with Gasteiger partial charge in [0.1, 0.15) is 6.61 Å². The fraction of sp³-hybridized carbons (Fsp3) is 0.565. The number of methoxy groups -OCH3 is 1. The Morgan fingerprint density at radius 1 is 1.14 bits per heavy atom. The highest BCUT2D eigenvalue weighted by Crippen LogP contribution is 2.37. The van der Waals surface area contributed by atoms with E-state index in [9.17, 15) is 0 Å². The molecule has 2 aromatic rings. The summed E-state index contributed by atoms with van der Waals surface area (Å²) < 4.78 is 17.1. The van der Waals surface area contributed by atoms with Gasteiger partial charge < -0.3 is 14.2 Å². The van der Waals surface area contributed by atoms with Crippen molar-refractivity contribution in [2.75, 3.05) is 53.1 Å². The van der Waals surface area contributed by atoms with E-state index in [0.717, 1.165) is 70.3 Å². The number of nitrogens with zero attached hydrogens (tertiary/aromatic N) is 2. The highest BCUT2D eigenvalue weighted by molar-refractivity contribution is 7.10. The van der Waals surface area contributed by atoms with Crippen LogP contribution in [0.15, 0.2) is 29.6 Å². The Kier molecular flexibility index (Phi) is 7.08. The first-order valence-corrected chi connectivity index (χ1v) is 11.6. The molecule has 5 nitrogen and oxygen atoms in total. The third kappa shape index (κ3) is 4.94. The van der Waals surface area contributed by atoms with Crippen molar-refractivity contribution in [1.82, 2.24) is 9.80 Å². The second-order valence-corrected chi connectivity index (χ2v) is 8.73. The van der Waals surface area contributed by atoms with Crippen molar-refractivity contribution >= 4 is 11.3 Å². The highest BCUT2D eigenvalue weighted by atomic mass is 32.1. The maximum Gasteiger partial charge on any atom is 0.161 e. The van der Waals surface area contributed by atoms with Crippen LogP contribution in [0.2, 0.25) is 0 Å². The molecule has 1 atom stereocenters. The van der Waals surface area contributed by atoms with Gasteiger partial charge in [-0.15, -0.1) is 11.3 Å². The molecule has 2 aliphatic rings. The summed E-state index contributed by atoms with van der Waals surface area (Å²) >= 11 is 1.91. The number of rotatable bonds is 8. The highest BCUT2D eigenvalue weighted by Gasteiger charge is 2.27. The average molecular weight is 417 g/mol. The Morgan fingerprint density at radius 2 is 2.00 bits per heavy atom. The Balaban J connectivity index is 1.37. The van der Waals surface area contributed by atoms with Crippen LogP contribution in [0.1, 0.15) is 35.4 Å². The summed E-state index contributed by atoms with van der Waals surface area (Å²) in [6.07, 6.45) is 2.30. The Bertz CT molecular complexity index is 788. The molecular formula is C23H32N2O3S. The first-order chi connectivity index (χ1) is 14.3. The van der Waals surface area contributed by atoms with Gasteiger partial charge in [-0.05, 0) is 47.5 Å². The Labute approximate surface area is 178 Å². The molecular weight excluding hydrogens is 384 g/mol. The number of hydrogen-bond donors (Lipinski definition) is 0. The zero-order valence-corrected chi connectivity index (χ0v) is 18.4. The molecule has 29 heavy (non-hydrogen) atoms. The lowest BCUT2D eigenvalue weighted by Crippen LogP contribution is -2.38. The second kappa shape index (κ2) is 9.94. The van der Waals surface area contributed by atoms with Crippen LogP contribution < -0.4 is 9.47 Å². The van der Waals surface area contributed by atoms with Gasteiger partial charge in [0.2, 0.25) is 0 Å². The summed E-state index contributed by atoms with van der Waals surface area (Å²) in [5.41, 5.74) is 2.80. The summed E-state index contributed by atoms with van der Waals surface area (Å²) in [6.45, 7) is 9.55. The zero-order valence-electron chi connectivity index (χ0n) is 17.6. The van der Waals surface area contributed by atoms with Crippen molar-refractivity contribution in [1.29, 1.82) is 0 Å². The molecule has 0 saturated carbocycles. The van der Waals surface area contributed by atoms with E-state index in [1.807, 2.05) is 11.3 Å². The van der Waals surface area contributed by atoms with Gasteiger partial charge in [0.15, 0.2) is 11.5 Å². The predicted molar refractivity (Wildman–Crippen MR) is 117 cm³/mol. The molecule has 1 aromatic heterocycles. The van der Waals surface area contributed by atoms with E-state index in [-0.39, 0.29) is 0 Å². The minimum atomic E-state index is 0.514. The third-order valence-electron chi connectivity index (χ3n) is 5.97. The molecule has 0 radical (unpaired) electrons. The van der Waals surface area contributed by atoms with E-state index in [0.29, 0.717) is 12.6 Å². The number of hydrogen-bond acceptors (Lipinski definition) is 6. The van der Waals surface area contributed by atoms with Gasteiger partial charge in [0.05, 0.1) is 20.3 Å². The second-order valence-electron chi connectivity index (χ2n) is 7.73. The van der Waals surface area contributed by atoms with Crippen LogP contribution in [0, 0.1) is 0 Å². The van der Waals surface area contributed by atoms with E-state index in [4.69, 9.17) is 14.2 Å². The van der Waals surface area contributed by atoms with Gasteiger partial charge in [-0.3, -0.25) is 9.80 Å². The minimum absolute atomic E-state index is 0.514. The fourth-order valence-corrected chi connectivity index (χ4v) is 5.32. The zero-order chi connectivity index (χ0) is 20.1. The number of fused-ring (bicyclic) bond motifs is 1. The van der Waals surface area contributed by atoms with Gasteiger partial charge in [-0.1, -0.05) is 13.0 Å². The molecule has 158 valence electrons. The molecule has 1 fully saturated rings. The summed E-state index contributed by atoms with van der Waals surface area (Å²) in [5.74, 6) is 1.65. The monoisotopic (exact) mass is 416 g/mol. The van der Waals surface area contributed by atoms with Crippen LogP contribution in [-0.4, -0.2) is 62.9 Å². The van der Waals surface area contributed by atoms with E-state index >= 15 is 0 Å². The maximum absolute atomic E-state index is 6.03. The SMILES string of the molecule is CCC1c2ccsc2CCN1Cc1ccc(OCCN2CCOCC2)c(OC)c1. The molecule has 6 heteroatoms. The fourth-order valence-electron chi connectivity index (χ4n) is 4.39. The maximum atomic E-state index is 6.03. The molecule has 0 aliphatic carbocycles. The topological polar surface area (TPSA) is 34.2 Å². The number of ether oxygens (including phenoxy) is 3. The van der Waals surface area contributed by atoms with Crippen LogP contribution in [0.3, 0.4) is 0 Å². The molecule has 1 aromatic carbocycles. The van der Waals surface area contributed by atoms with Crippen molar-refractivity contribution in [3.05, 3.63) is 45.6 Å². The molecule has 0 N–H and O–H groups in total. The summed E-state index contributed by atoms with van der Waals surface area (Å²) in [7, 11) is 1.72. The average Bonchev–Trinajstić information content (AvgIpc) is 3.24. The summed E-state index contributed by atoms with van der Waals surface area (Å²) in [5, 5.41) is 2.24. The first-order valence-electron chi connectivity index (χ1n) is 10.7. The van der Waals surface area contributed by atoms with Gasteiger partial charge in [-0.25, -0.2) is 0 Å². The van der Waals surface area contributed by atoms with E-state index in [1.54, 1.807) is 12.0 Å². The van der Waals surface area contributed by atoms with E-state index in [1.165, 1.54) is 11.1 Å². The molecule has 4 rings (SSSR count). The van der Waals surface area contributed by atoms with Crippen molar-refractivity contribution in [2.24, 2.45) is 0 Å². The van der Waals surface area contributed by atoms with Gasteiger partial charge in [0, 0.05) is 43.6 Å². The molecule has 0 bridgehead atoms. The molecule has 1 unspecified atom stereocenters. The largest absolute Gasteiger partial charge is 0.493 e. The molecule has 3 heterocycles. The van der Waals surface area contributed by atoms with Crippen LogP contribution >= 0.6 is 11.3 Å². The summed E-state index contributed by atoms with van der Waals surface area (Å²) in [6, 6.07) is 9.21. The lowest BCUT2D eigenvalue weighted by molar-refractivity contribution is 0.0321. The summed E-state index contributed by atoms with van der Waals surface area (Å²) in [4.78, 5) is 6.54. The molecule has 2 aliphatic heterocycles. The van der Waals surface area contributed by atoms with Crippen molar-refractivity contribution < 1.29 is 14.2 Å². The van der Waals surface area contributed by atoms with Crippen LogP contribution in [0.5, 0.6) is 11.5 Å². The van der Waals surface area contributed by atoms with Gasteiger partial charge >= 0.3 is 0 Å². The van der Waals surface area contributed by atoms with Gasteiger partial charge in [0.25, 0.3) is 0 Å². The number of benzene rings is 1. The van der Waals surface area contributed by atoms with Crippen molar-refractivity contribution in [2.45, 2.75) is 32.4 Å². The molecule has 0 amide bonds. The first kappa shape index (κ1) is 20.7. The Morgan fingerprint density at radius 3 is 2.79 bits per heavy atom. The standard InChI is InChI=1S/C23H32N2O3S/c1-3-20-19-7-15-29-23(19)6-8-25(20)17-18-4-5-21(22(16-18)26-2)28-14-11-24-9-12-27-13-10-24/h4-5,7,15-16,20H,3,6,8-14,17H2,1-2H3. The third-order valence-corrected chi connectivity index (χ3v) is 6.97. The normalized spacial score (nSPS) is 20.4. The van der Waals surface area contributed by atoms with Crippen molar-refractivity contribution in [3.63, 3.8) is 0 Å². The number of thiophene rings is 1. The van der Waals surface area contributed by atoms with Crippen LogP contribution in [0.25, 0.3) is 0 Å². The van der Waals surface area contributed by atoms with Gasteiger partial charge in [-0.2, -0.15) is 0 Å². The lowest BCUT2D eigenvalue weighted by Gasteiger charge is -2.35. The predicted octanol–water partition coefficient (Wildman–Crippen LogP) is 3.98. The smallest absolute Gasteiger partial charge is 0.161 e. The van der Waals surface area contributed by atoms with Crippen LogP contribution in [-0.2, 0) is 17.7 Å². The van der Waals surface area contributed by atoms with Crippen LogP contribution in [0.4, 0.5) is 0 Å².